The average molecular weight is 253 g/mol. The number of aromatic nitrogens is 2. The van der Waals surface area contributed by atoms with Crippen molar-refractivity contribution in [3.8, 4) is 0 Å². The fourth-order valence-electron chi connectivity index (χ4n) is 1.53. The fraction of sp³-hybridized carbons (Fsp3) is 0.333. The summed E-state index contributed by atoms with van der Waals surface area (Å²) in [5.41, 5.74) is 0.976. The molecule has 4 nitrogen and oxygen atoms in total. The van der Waals surface area contributed by atoms with Crippen LogP contribution in [0.5, 0.6) is 0 Å². The molecule has 2 aromatic rings. The Bertz CT molecular complexity index is 470. The van der Waals surface area contributed by atoms with Gasteiger partial charge in [-0.3, -0.25) is 0 Å². The van der Waals surface area contributed by atoms with Crippen LogP contribution in [0.25, 0.3) is 0 Å². The number of nitrogens with zero attached hydrogens (tertiary/aromatic N) is 2. The van der Waals surface area contributed by atoms with E-state index in [1.54, 1.807) is 14.0 Å². The Labute approximate surface area is 105 Å². The summed E-state index contributed by atoms with van der Waals surface area (Å²) in [7, 11) is 1.61. The van der Waals surface area contributed by atoms with E-state index < -0.39 is 0 Å². The van der Waals surface area contributed by atoms with Gasteiger partial charge in [-0.2, -0.15) is 4.98 Å². The Hall–Kier alpha value is -1.39. The van der Waals surface area contributed by atoms with E-state index in [1.165, 1.54) is 0 Å². The maximum absolute atomic E-state index is 5.87. The molecule has 2 unspecified atom stereocenters. The monoisotopic (exact) mass is 252 g/mol. The molecular weight excluding hydrogens is 240 g/mol. The second kappa shape index (κ2) is 5.29. The molecule has 0 bridgehead atoms. The van der Waals surface area contributed by atoms with Crippen LogP contribution in [0.3, 0.4) is 0 Å². The van der Waals surface area contributed by atoms with Crippen molar-refractivity contribution in [2.75, 3.05) is 7.11 Å². The number of ether oxygens (including phenoxy) is 1. The lowest BCUT2D eigenvalue weighted by Gasteiger charge is -2.10. The van der Waals surface area contributed by atoms with E-state index in [0.717, 1.165) is 5.56 Å². The molecule has 1 aromatic heterocycles. The zero-order valence-corrected chi connectivity index (χ0v) is 10.4. The summed E-state index contributed by atoms with van der Waals surface area (Å²) in [6.45, 7) is 1.78. The average Bonchev–Trinajstić information content (AvgIpc) is 2.81. The molecular formula is C12H13ClN2O2. The molecule has 0 N–H and O–H groups in total. The molecule has 0 aliphatic carbocycles. The molecule has 0 spiro atoms. The molecule has 0 amide bonds. The highest BCUT2D eigenvalue weighted by molar-refractivity contribution is 6.20. The largest absolute Gasteiger partial charge is 0.369 e. The van der Waals surface area contributed by atoms with Crippen molar-refractivity contribution >= 4 is 11.6 Å². The van der Waals surface area contributed by atoms with Crippen molar-refractivity contribution in [1.29, 1.82) is 0 Å². The lowest BCUT2D eigenvalue weighted by molar-refractivity contribution is 0.126. The second-order valence-corrected chi connectivity index (χ2v) is 4.29. The summed E-state index contributed by atoms with van der Waals surface area (Å²) in [6.07, 6.45) is -0.330. The van der Waals surface area contributed by atoms with Gasteiger partial charge in [0.05, 0.1) is 0 Å². The van der Waals surface area contributed by atoms with Crippen LogP contribution in [0.4, 0.5) is 0 Å². The number of alkyl halides is 1. The Kier molecular flexibility index (Phi) is 3.76. The van der Waals surface area contributed by atoms with E-state index in [1.807, 2.05) is 30.3 Å². The molecule has 17 heavy (non-hydrogen) atoms. The molecule has 1 aromatic carbocycles. The van der Waals surface area contributed by atoms with Gasteiger partial charge in [-0.25, -0.2) is 0 Å². The minimum Gasteiger partial charge on any atom is -0.369 e. The lowest BCUT2D eigenvalue weighted by Crippen LogP contribution is -2.05. The van der Waals surface area contributed by atoms with E-state index >= 15 is 0 Å². The topological polar surface area (TPSA) is 48.2 Å². The summed E-state index contributed by atoms with van der Waals surface area (Å²) in [5, 5.41) is 3.59. The fourth-order valence-corrected chi connectivity index (χ4v) is 1.62. The molecule has 0 saturated carbocycles. The van der Waals surface area contributed by atoms with E-state index in [4.69, 9.17) is 20.9 Å². The molecule has 0 aliphatic rings. The first-order chi connectivity index (χ1) is 8.22. The highest BCUT2D eigenvalue weighted by Gasteiger charge is 2.21. The normalized spacial score (nSPS) is 14.5. The van der Waals surface area contributed by atoms with Crippen molar-refractivity contribution < 1.29 is 9.26 Å². The molecule has 1 heterocycles. The number of rotatable bonds is 4. The maximum atomic E-state index is 5.87. The van der Waals surface area contributed by atoms with Gasteiger partial charge in [0.15, 0.2) is 0 Å². The Morgan fingerprint density at radius 1 is 1.29 bits per heavy atom. The van der Waals surface area contributed by atoms with Crippen LogP contribution in [0.1, 0.15) is 35.7 Å². The third kappa shape index (κ3) is 2.65. The zero-order chi connectivity index (χ0) is 12.3. The van der Waals surface area contributed by atoms with Crippen LogP contribution in [0.2, 0.25) is 0 Å². The first-order valence-electron chi connectivity index (χ1n) is 5.27. The molecule has 5 heteroatoms. The third-order valence-corrected chi connectivity index (χ3v) is 2.56. The van der Waals surface area contributed by atoms with Gasteiger partial charge in [0.25, 0.3) is 0 Å². The summed E-state index contributed by atoms with van der Waals surface area (Å²) in [5.74, 6) is 0.890. The van der Waals surface area contributed by atoms with Gasteiger partial charge in [-0.1, -0.05) is 35.5 Å². The Morgan fingerprint density at radius 2 is 2.00 bits per heavy atom. The Balaban J connectivity index is 2.29. The number of benzene rings is 1. The molecule has 0 saturated heterocycles. The predicted octanol–water partition coefficient (Wildman–Crippen LogP) is 3.11. The molecule has 0 radical (unpaired) electrons. The zero-order valence-electron chi connectivity index (χ0n) is 9.63. The summed E-state index contributed by atoms with van der Waals surface area (Å²) < 4.78 is 10.4. The van der Waals surface area contributed by atoms with Gasteiger partial charge in [0.1, 0.15) is 11.5 Å². The highest BCUT2D eigenvalue weighted by atomic mass is 35.5. The van der Waals surface area contributed by atoms with E-state index in [9.17, 15) is 0 Å². The lowest BCUT2D eigenvalue weighted by atomic mass is 10.1. The van der Waals surface area contributed by atoms with Crippen LogP contribution >= 0.6 is 11.6 Å². The number of methoxy groups -OCH3 is 1. The number of halogens is 1. The van der Waals surface area contributed by atoms with Crippen LogP contribution in [0.15, 0.2) is 34.9 Å². The van der Waals surface area contributed by atoms with Crippen LogP contribution in [-0.4, -0.2) is 17.3 Å². The Morgan fingerprint density at radius 3 is 2.53 bits per heavy atom. The van der Waals surface area contributed by atoms with Crippen molar-refractivity contribution in [3.63, 3.8) is 0 Å². The van der Waals surface area contributed by atoms with Crippen molar-refractivity contribution in [2.45, 2.75) is 18.4 Å². The first-order valence-corrected chi connectivity index (χ1v) is 5.71. The van der Waals surface area contributed by atoms with E-state index in [0.29, 0.717) is 11.7 Å². The van der Waals surface area contributed by atoms with Crippen LogP contribution < -0.4 is 0 Å². The SMILES string of the molecule is COC(c1ccccc1)c1noc(C(C)Cl)n1. The molecule has 0 fully saturated rings. The second-order valence-electron chi connectivity index (χ2n) is 3.63. The molecule has 2 atom stereocenters. The van der Waals surface area contributed by atoms with Crippen molar-refractivity contribution in [3.05, 3.63) is 47.6 Å². The van der Waals surface area contributed by atoms with Gasteiger partial charge < -0.3 is 9.26 Å². The van der Waals surface area contributed by atoms with Gasteiger partial charge in [0, 0.05) is 7.11 Å². The number of hydrogen-bond donors (Lipinski definition) is 0. The predicted molar refractivity (Wildman–Crippen MR) is 63.9 cm³/mol. The van der Waals surface area contributed by atoms with Gasteiger partial charge >= 0.3 is 0 Å². The molecule has 90 valence electrons. The summed E-state index contributed by atoms with van der Waals surface area (Å²) in [6, 6.07) is 9.72. The van der Waals surface area contributed by atoms with Crippen LogP contribution in [0, 0.1) is 0 Å². The van der Waals surface area contributed by atoms with E-state index in [-0.39, 0.29) is 11.5 Å². The molecule has 0 aliphatic heterocycles. The summed E-state index contributed by atoms with van der Waals surface area (Å²) in [4.78, 5) is 4.22. The maximum Gasteiger partial charge on any atom is 0.244 e. The smallest absolute Gasteiger partial charge is 0.244 e. The highest BCUT2D eigenvalue weighted by Crippen LogP contribution is 2.25. The van der Waals surface area contributed by atoms with Crippen LogP contribution in [-0.2, 0) is 4.74 Å². The van der Waals surface area contributed by atoms with Gasteiger partial charge in [-0.15, -0.1) is 11.6 Å². The number of hydrogen-bond acceptors (Lipinski definition) is 4. The van der Waals surface area contributed by atoms with Crippen molar-refractivity contribution in [1.82, 2.24) is 10.1 Å². The van der Waals surface area contributed by atoms with Gasteiger partial charge in [-0.05, 0) is 12.5 Å². The van der Waals surface area contributed by atoms with Crippen molar-refractivity contribution in [2.24, 2.45) is 0 Å². The first kappa shape index (κ1) is 12.1. The minimum absolute atomic E-state index is 0.301. The van der Waals surface area contributed by atoms with E-state index in [2.05, 4.69) is 10.1 Å². The summed E-state index contributed by atoms with van der Waals surface area (Å²) >= 11 is 5.87. The minimum atomic E-state index is -0.330. The quantitative estimate of drug-likeness (QED) is 0.785. The van der Waals surface area contributed by atoms with Gasteiger partial charge in [0.2, 0.25) is 11.7 Å². The third-order valence-electron chi connectivity index (χ3n) is 2.37. The molecule has 2 rings (SSSR count). The standard InChI is InChI=1S/C12H13ClN2O2/c1-8(13)12-14-11(15-17-12)10(16-2)9-6-4-3-5-7-9/h3-8,10H,1-2H3.